The highest BCUT2D eigenvalue weighted by Crippen LogP contribution is 2.14. The highest BCUT2D eigenvalue weighted by Gasteiger charge is 2.08. The Morgan fingerprint density at radius 3 is 2.29 bits per heavy atom. The molecule has 3 nitrogen and oxygen atoms in total. The first-order valence-corrected chi connectivity index (χ1v) is 7.36. The van der Waals surface area contributed by atoms with Gasteiger partial charge in [0, 0.05) is 12.6 Å². The summed E-state index contributed by atoms with van der Waals surface area (Å²) in [6.45, 7) is 3.60. The van der Waals surface area contributed by atoms with Gasteiger partial charge in [-0.3, -0.25) is 0 Å². The smallest absolute Gasteiger partial charge is 0.118 e. The topological polar surface area (TPSA) is 47.3 Å². The second-order valence-electron chi connectivity index (χ2n) is 5.25. The Morgan fingerprint density at radius 1 is 1.05 bits per heavy atom. The molecule has 0 fully saturated rings. The fourth-order valence-electron chi connectivity index (χ4n) is 2.32. The molecule has 3 N–H and O–H groups in total. The summed E-state index contributed by atoms with van der Waals surface area (Å²) in [5.41, 5.74) is 9.69. The molecule has 3 heteroatoms. The molecule has 0 amide bonds. The van der Waals surface area contributed by atoms with E-state index in [0.29, 0.717) is 6.54 Å². The molecule has 0 saturated heterocycles. The van der Waals surface area contributed by atoms with Crippen LogP contribution in [-0.2, 0) is 6.42 Å². The Morgan fingerprint density at radius 2 is 1.71 bits per heavy atom. The van der Waals surface area contributed by atoms with Crippen LogP contribution in [0, 0.1) is 6.92 Å². The van der Waals surface area contributed by atoms with Crippen molar-refractivity contribution in [1.82, 2.24) is 5.32 Å². The van der Waals surface area contributed by atoms with Crippen LogP contribution in [-0.4, -0.2) is 20.2 Å². The molecule has 2 aromatic rings. The van der Waals surface area contributed by atoms with E-state index < -0.39 is 0 Å². The van der Waals surface area contributed by atoms with Crippen molar-refractivity contribution in [3.63, 3.8) is 0 Å². The van der Waals surface area contributed by atoms with Crippen LogP contribution in [0.5, 0.6) is 5.75 Å². The number of hydrogen-bond acceptors (Lipinski definition) is 3. The van der Waals surface area contributed by atoms with Crippen LogP contribution < -0.4 is 15.8 Å². The first-order valence-electron chi connectivity index (χ1n) is 7.36. The van der Waals surface area contributed by atoms with Crippen molar-refractivity contribution < 1.29 is 4.74 Å². The van der Waals surface area contributed by atoms with Gasteiger partial charge in [0.1, 0.15) is 5.75 Å². The predicted octanol–water partition coefficient (Wildman–Crippen LogP) is 2.84. The summed E-state index contributed by atoms with van der Waals surface area (Å²) in [7, 11) is 1.68. The van der Waals surface area contributed by atoms with Crippen molar-refractivity contribution in [2.45, 2.75) is 19.4 Å². The van der Waals surface area contributed by atoms with E-state index in [1.54, 1.807) is 7.11 Å². The number of hydrogen-bond donors (Lipinski definition) is 2. The number of benzene rings is 2. The van der Waals surface area contributed by atoms with Crippen molar-refractivity contribution in [2.24, 2.45) is 5.73 Å². The average Bonchev–Trinajstić information content (AvgIpc) is 2.53. The molecule has 0 bridgehead atoms. The molecule has 2 aromatic carbocycles. The Kier molecular flexibility index (Phi) is 5.78. The van der Waals surface area contributed by atoms with Crippen molar-refractivity contribution in [2.75, 3.05) is 20.2 Å². The van der Waals surface area contributed by atoms with Crippen LogP contribution in [0.3, 0.4) is 0 Å². The summed E-state index contributed by atoms with van der Waals surface area (Å²) in [5.74, 6) is 0.895. The number of methoxy groups -OCH3 is 1. The summed E-state index contributed by atoms with van der Waals surface area (Å²) >= 11 is 0. The van der Waals surface area contributed by atoms with Gasteiger partial charge in [-0.15, -0.1) is 0 Å². The van der Waals surface area contributed by atoms with Gasteiger partial charge < -0.3 is 15.8 Å². The van der Waals surface area contributed by atoms with E-state index in [9.17, 15) is 0 Å². The standard InChI is InChI=1S/C18H24N2O/c1-14-3-7-16(8-4-14)18(13-19)20-12-11-15-5-9-17(21-2)10-6-15/h3-10,18,20H,11-13,19H2,1-2H3. The Labute approximate surface area is 127 Å². The van der Waals surface area contributed by atoms with E-state index >= 15 is 0 Å². The van der Waals surface area contributed by atoms with E-state index in [4.69, 9.17) is 10.5 Å². The summed E-state index contributed by atoms with van der Waals surface area (Å²) in [5, 5.41) is 3.53. The van der Waals surface area contributed by atoms with E-state index in [2.05, 4.69) is 48.6 Å². The predicted molar refractivity (Wildman–Crippen MR) is 87.7 cm³/mol. The molecular weight excluding hydrogens is 260 g/mol. The summed E-state index contributed by atoms with van der Waals surface area (Å²) in [6.07, 6.45) is 0.979. The van der Waals surface area contributed by atoms with E-state index in [-0.39, 0.29) is 6.04 Å². The monoisotopic (exact) mass is 284 g/mol. The zero-order valence-electron chi connectivity index (χ0n) is 12.8. The maximum Gasteiger partial charge on any atom is 0.118 e. The molecule has 0 radical (unpaired) electrons. The third-order valence-corrected chi connectivity index (χ3v) is 3.68. The summed E-state index contributed by atoms with van der Waals surface area (Å²) in [6, 6.07) is 17.0. The molecule has 2 rings (SSSR count). The second kappa shape index (κ2) is 7.81. The molecule has 0 aliphatic heterocycles. The van der Waals surface area contributed by atoms with Gasteiger partial charge in [-0.05, 0) is 43.1 Å². The van der Waals surface area contributed by atoms with Crippen molar-refractivity contribution in [3.05, 3.63) is 65.2 Å². The Hall–Kier alpha value is -1.84. The van der Waals surface area contributed by atoms with Gasteiger partial charge in [-0.1, -0.05) is 42.0 Å². The molecule has 112 valence electrons. The van der Waals surface area contributed by atoms with Crippen LogP contribution in [0.25, 0.3) is 0 Å². The van der Waals surface area contributed by atoms with Gasteiger partial charge in [0.25, 0.3) is 0 Å². The van der Waals surface area contributed by atoms with Crippen LogP contribution in [0.4, 0.5) is 0 Å². The van der Waals surface area contributed by atoms with E-state index in [1.807, 2.05) is 12.1 Å². The summed E-state index contributed by atoms with van der Waals surface area (Å²) < 4.78 is 5.16. The van der Waals surface area contributed by atoms with E-state index in [1.165, 1.54) is 16.7 Å². The largest absolute Gasteiger partial charge is 0.497 e. The lowest BCUT2D eigenvalue weighted by Gasteiger charge is -2.17. The molecule has 0 saturated carbocycles. The molecule has 1 unspecified atom stereocenters. The maximum absolute atomic E-state index is 5.88. The van der Waals surface area contributed by atoms with Crippen LogP contribution in [0.15, 0.2) is 48.5 Å². The molecule has 0 aromatic heterocycles. The number of rotatable bonds is 7. The average molecular weight is 284 g/mol. The van der Waals surface area contributed by atoms with Crippen molar-refractivity contribution >= 4 is 0 Å². The molecule has 0 aliphatic rings. The lowest BCUT2D eigenvalue weighted by molar-refractivity contribution is 0.414. The molecule has 1 atom stereocenters. The van der Waals surface area contributed by atoms with Crippen LogP contribution in [0.2, 0.25) is 0 Å². The molecule has 21 heavy (non-hydrogen) atoms. The van der Waals surface area contributed by atoms with Crippen molar-refractivity contribution in [1.29, 1.82) is 0 Å². The molecular formula is C18H24N2O. The first kappa shape index (κ1) is 15.5. The van der Waals surface area contributed by atoms with Crippen LogP contribution in [0.1, 0.15) is 22.7 Å². The summed E-state index contributed by atoms with van der Waals surface area (Å²) in [4.78, 5) is 0. The van der Waals surface area contributed by atoms with Gasteiger partial charge in [0.2, 0.25) is 0 Å². The minimum Gasteiger partial charge on any atom is -0.497 e. The zero-order chi connectivity index (χ0) is 15.1. The SMILES string of the molecule is COc1ccc(CCNC(CN)c2ccc(C)cc2)cc1. The Bertz CT molecular complexity index is 534. The normalized spacial score (nSPS) is 12.1. The van der Waals surface area contributed by atoms with Gasteiger partial charge >= 0.3 is 0 Å². The quantitative estimate of drug-likeness (QED) is 0.822. The highest BCUT2D eigenvalue weighted by molar-refractivity contribution is 5.27. The van der Waals surface area contributed by atoms with Gasteiger partial charge in [0.05, 0.1) is 7.11 Å². The highest BCUT2D eigenvalue weighted by atomic mass is 16.5. The lowest BCUT2D eigenvalue weighted by Crippen LogP contribution is -2.29. The Balaban J connectivity index is 1.86. The van der Waals surface area contributed by atoms with Crippen LogP contribution >= 0.6 is 0 Å². The van der Waals surface area contributed by atoms with Gasteiger partial charge in [0.15, 0.2) is 0 Å². The number of aryl methyl sites for hydroxylation is 1. The fourth-order valence-corrected chi connectivity index (χ4v) is 2.32. The lowest BCUT2D eigenvalue weighted by atomic mass is 10.0. The first-order chi connectivity index (χ1) is 10.2. The third-order valence-electron chi connectivity index (χ3n) is 3.68. The molecule has 0 heterocycles. The number of ether oxygens (including phenoxy) is 1. The molecule has 0 spiro atoms. The maximum atomic E-state index is 5.88. The minimum absolute atomic E-state index is 0.212. The van der Waals surface area contributed by atoms with E-state index in [0.717, 1.165) is 18.7 Å². The fraction of sp³-hybridized carbons (Fsp3) is 0.333. The second-order valence-corrected chi connectivity index (χ2v) is 5.25. The van der Waals surface area contributed by atoms with Gasteiger partial charge in [-0.25, -0.2) is 0 Å². The third kappa shape index (κ3) is 4.59. The zero-order valence-corrected chi connectivity index (χ0v) is 12.8. The van der Waals surface area contributed by atoms with Crippen molar-refractivity contribution in [3.8, 4) is 5.75 Å². The minimum atomic E-state index is 0.212. The molecule has 0 aliphatic carbocycles. The number of nitrogens with two attached hydrogens (primary N) is 1. The van der Waals surface area contributed by atoms with Gasteiger partial charge in [-0.2, -0.15) is 0 Å². The number of nitrogens with one attached hydrogen (secondary N) is 1.